The zero-order valence-electron chi connectivity index (χ0n) is 10.4. The van der Waals surface area contributed by atoms with Crippen molar-refractivity contribution in [3.63, 3.8) is 0 Å². The monoisotopic (exact) mass is 321 g/mol. The van der Waals surface area contributed by atoms with Gasteiger partial charge < -0.3 is 4.90 Å². The molecule has 0 radical (unpaired) electrons. The summed E-state index contributed by atoms with van der Waals surface area (Å²) in [6.07, 6.45) is 0. The van der Waals surface area contributed by atoms with E-state index >= 15 is 0 Å². The van der Waals surface area contributed by atoms with Gasteiger partial charge in [-0.3, -0.25) is 4.79 Å². The van der Waals surface area contributed by atoms with Crippen LogP contribution in [-0.4, -0.2) is 49.7 Å². The standard InChI is InChI=1S/C11H13ClFN3O3S/c12-10-7-8(13)1-2-9(10)11(17)15-3-5-16(6-4-15)20(14,18)19/h1-2,7H,3-6H2,(H2,14,18,19). The summed E-state index contributed by atoms with van der Waals surface area (Å²) in [5.74, 6) is -0.880. The van der Waals surface area contributed by atoms with Crippen molar-refractivity contribution >= 4 is 27.7 Å². The highest BCUT2D eigenvalue weighted by Crippen LogP contribution is 2.20. The Morgan fingerprint density at radius 3 is 2.35 bits per heavy atom. The van der Waals surface area contributed by atoms with Crippen molar-refractivity contribution < 1.29 is 17.6 Å². The minimum absolute atomic E-state index is 0.0314. The number of hydrogen-bond donors (Lipinski definition) is 1. The number of halogens is 2. The van der Waals surface area contributed by atoms with Gasteiger partial charge in [0.25, 0.3) is 16.1 Å². The number of carbonyl (C=O) groups is 1. The second-order valence-electron chi connectivity index (χ2n) is 4.36. The van der Waals surface area contributed by atoms with Gasteiger partial charge in [0.15, 0.2) is 0 Å². The number of hydrogen-bond acceptors (Lipinski definition) is 3. The second kappa shape index (κ2) is 5.65. The lowest BCUT2D eigenvalue weighted by molar-refractivity contribution is 0.0698. The molecule has 0 unspecified atom stereocenters. The summed E-state index contributed by atoms with van der Waals surface area (Å²) < 4.78 is 36.4. The normalized spacial score (nSPS) is 17.2. The molecule has 0 bridgehead atoms. The topological polar surface area (TPSA) is 83.7 Å². The largest absolute Gasteiger partial charge is 0.336 e. The molecular weight excluding hydrogens is 309 g/mol. The SMILES string of the molecule is NS(=O)(=O)N1CCN(C(=O)c2ccc(F)cc2Cl)CC1. The van der Waals surface area contributed by atoms with Crippen LogP contribution >= 0.6 is 11.6 Å². The highest BCUT2D eigenvalue weighted by atomic mass is 35.5. The molecule has 1 amide bonds. The van der Waals surface area contributed by atoms with Crippen molar-refractivity contribution in [2.45, 2.75) is 0 Å². The molecule has 9 heteroatoms. The number of benzene rings is 1. The maximum atomic E-state index is 12.9. The van der Waals surface area contributed by atoms with Gasteiger partial charge in [-0.1, -0.05) is 11.6 Å². The zero-order valence-corrected chi connectivity index (χ0v) is 12.0. The van der Waals surface area contributed by atoms with Crippen LogP contribution in [0.3, 0.4) is 0 Å². The van der Waals surface area contributed by atoms with Crippen LogP contribution in [0.15, 0.2) is 18.2 Å². The van der Waals surface area contributed by atoms with Crippen LogP contribution in [0.5, 0.6) is 0 Å². The van der Waals surface area contributed by atoms with E-state index in [4.69, 9.17) is 16.7 Å². The van der Waals surface area contributed by atoms with E-state index in [1.54, 1.807) is 0 Å². The molecule has 1 aromatic rings. The van der Waals surface area contributed by atoms with E-state index in [-0.39, 0.29) is 42.7 Å². The summed E-state index contributed by atoms with van der Waals surface area (Å²) >= 11 is 5.83. The fourth-order valence-corrected chi connectivity index (χ4v) is 2.90. The third-order valence-electron chi connectivity index (χ3n) is 3.05. The van der Waals surface area contributed by atoms with Gasteiger partial charge in [-0.05, 0) is 18.2 Å². The fourth-order valence-electron chi connectivity index (χ4n) is 1.98. The Hall–Kier alpha value is -1.22. The summed E-state index contributed by atoms with van der Waals surface area (Å²) in [5.41, 5.74) is 0.192. The summed E-state index contributed by atoms with van der Waals surface area (Å²) in [4.78, 5) is 13.7. The van der Waals surface area contributed by atoms with E-state index < -0.39 is 16.0 Å². The Kier molecular flexibility index (Phi) is 4.28. The first kappa shape index (κ1) is 15.2. The van der Waals surface area contributed by atoms with E-state index in [1.807, 2.05) is 0 Å². The van der Waals surface area contributed by atoms with Gasteiger partial charge in [0, 0.05) is 26.2 Å². The van der Waals surface area contributed by atoms with E-state index in [2.05, 4.69) is 0 Å². The molecule has 20 heavy (non-hydrogen) atoms. The number of amides is 1. The zero-order chi connectivity index (χ0) is 14.9. The summed E-state index contributed by atoms with van der Waals surface area (Å²) in [7, 11) is -3.73. The van der Waals surface area contributed by atoms with E-state index in [1.165, 1.54) is 11.0 Å². The van der Waals surface area contributed by atoms with Crippen LogP contribution < -0.4 is 5.14 Å². The van der Waals surface area contributed by atoms with Crippen LogP contribution in [0, 0.1) is 5.82 Å². The molecule has 0 atom stereocenters. The molecule has 2 N–H and O–H groups in total. The molecule has 1 aromatic carbocycles. The Morgan fingerprint density at radius 2 is 1.85 bits per heavy atom. The molecule has 0 saturated carbocycles. The van der Waals surface area contributed by atoms with Crippen molar-refractivity contribution in [2.24, 2.45) is 5.14 Å². The number of nitrogens with zero attached hydrogens (tertiary/aromatic N) is 2. The average molecular weight is 322 g/mol. The van der Waals surface area contributed by atoms with Crippen LogP contribution in [0.25, 0.3) is 0 Å². The first-order chi connectivity index (χ1) is 9.29. The molecule has 1 heterocycles. The predicted octanol–water partition coefficient (Wildman–Crippen LogP) is 0.440. The summed E-state index contributed by atoms with van der Waals surface area (Å²) in [6, 6.07) is 3.53. The number of carbonyl (C=O) groups excluding carboxylic acids is 1. The van der Waals surface area contributed by atoms with Crippen molar-refractivity contribution in [2.75, 3.05) is 26.2 Å². The summed E-state index contributed by atoms with van der Waals surface area (Å²) in [6.45, 7) is 0.679. The fraction of sp³-hybridized carbons (Fsp3) is 0.364. The molecule has 0 spiro atoms. The van der Waals surface area contributed by atoms with Crippen molar-refractivity contribution in [3.8, 4) is 0 Å². The quantitative estimate of drug-likeness (QED) is 0.858. The van der Waals surface area contributed by atoms with Crippen LogP contribution in [0.1, 0.15) is 10.4 Å². The predicted molar refractivity (Wildman–Crippen MR) is 72.0 cm³/mol. The van der Waals surface area contributed by atoms with E-state index in [9.17, 15) is 17.6 Å². The van der Waals surface area contributed by atoms with Crippen molar-refractivity contribution in [1.82, 2.24) is 9.21 Å². The molecular formula is C11H13ClFN3O3S. The molecule has 1 saturated heterocycles. The van der Waals surface area contributed by atoms with Gasteiger partial charge in [0.1, 0.15) is 5.82 Å². The first-order valence-corrected chi connectivity index (χ1v) is 7.69. The van der Waals surface area contributed by atoms with Crippen molar-refractivity contribution in [3.05, 3.63) is 34.6 Å². The Labute approximate surface area is 121 Å². The molecule has 2 rings (SSSR count). The van der Waals surface area contributed by atoms with Gasteiger partial charge >= 0.3 is 0 Å². The van der Waals surface area contributed by atoms with E-state index in [0.717, 1.165) is 16.4 Å². The van der Waals surface area contributed by atoms with Gasteiger partial charge in [0.2, 0.25) is 0 Å². The van der Waals surface area contributed by atoms with Crippen LogP contribution in [0.4, 0.5) is 4.39 Å². The lowest BCUT2D eigenvalue weighted by atomic mass is 10.2. The average Bonchev–Trinajstić information content (AvgIpc) is 2.37. The Bertz CT molecular complexity index is 630. The molecule has 1 aliphatic heterocycles. The first-order valence-electron chi connectivity index (χ1n) is 5.81. The Balaban J connectivity index is 2.09. The van der Waals surface area contributed by atoms with Gasteiger partial charge in [0.05, 0.1) is 10.6 Å². The molecule has 1 aliphatic rings. The van der Waals surface area contributed by atoms with Gasteiger partial charge in [-0.25, -0.2) is 9.53 Å². The third-order valence-corrected chi connectivity index (χ3v) is 4.44. The maximum Gasteiger partial charge on any atom is 0.277 e. The number of piperazine rings is 1. The van der Waals surface area contributed by atoms with Crippen LogP contribution in [-0.2, 0) is 10.2 Å². The molecule has 0 aromatic heterocycles. The van der Waals surface area contributed by atoms with E-state index in [0.29, 0.717) is 0 Å². The lowest BCUT2D eigenvalue weighted by Gasteiger charge is -2.33. The number of rotatable bonds is 2. The highest BCUT2D eigenvalue weighted by Gasteiger charge is 2.27. The number of nitrogens with two attached hydrogens (primary N) is 1. The molecule has 1 fully saturated rings. The molecule has 6 nitrogen and oxygen atoms in total. The minimum atomic E-state index is -3.73. The smallest absolute Gasteiger partial charge is 0.277 e. The summed E-state index contributed by atoms with van der Waals surface area (Å²) in [5, 5.41) is 5.05. The lowest BCUT2D eigenvalue weighted by Crippen LogP contribution is -2.52. The maximum absolute atomic E-state index is 12.9. The van der Waals surface area contributed by atoms with Gasteiger partial charge in [-0.15, -0.1) is 0 Å². The Morgan fingerprint density at radius 1 is 1.25 bits per heavy atom. The molecule has 0 aliphatic carbocycles. The molecule has 110 valence electrons. The van der Waals surface area contributed by atoms with Gasteiger partial charge in [-0.2, -0.15) is 12.7 Å². The van der Waals surface area contributed by atoms with Crippen LogP contribution in [0.2, 0.25) is 5.02 Å². The van der Waals surface area contributed by atoms with Crippen molar-refractivity contribution in [1.29, 1.82) is 0 Å². The minimum Gasteiger partial charge on any atom is -0.336 e. The second-order valence-corrected chi connectivity index (χ2v) is 6.31. The third kappa shape index (κ3) is 3.26. The highest BCUT2D eigenvalue weighted by molar-refractivity contribution is 7.86.